The molecular weight excluding hydrogens is 442 g/mol. The highest BCUT2D eigenvalue weighted by atomic mass is 32.2. The number of fused-ring (bicyclic) bond motifs is 1. The van der Waals surface area contributed by atoms with Crippen LogP contribution in [0.2, 0.25) is 0 Å². The molecule has 0 aliphatic carbocycles. The van der Waals surface area contributed by atoms with Gasteiger partial charge in [-0.25, -0.2) is 4.79 Å². The van der Waals surface area contributed by atoms with Gasteiger partial charge in [-0.1, -0.05) is 48.2 Å². The van der Waals surface area contributed by atoms with E-state index in [0.717, 1.165) is 26.8 Å². The molecule has 32 heavy (non-hydrogen) atoms. The fourth-order valence-corrected chi connectivity index (χ4v) is 5.14. The predicted octanol–water partition coefficient (Wildman–Crippen LogP) is 5.46. The lowest BCUT2D eigenvalue weighted by molar-refractivity contribution is 0.414. The van der Waals surface area contributed by atoms with Crippen LogP contribution in [0.5, 0.6) is 5.75 Å². The Morgan fingerprint density at radius 2 is 1.94 bits per heavy atom. The molecule has 5 aromatic rings. The zero-order valence-corrected chi connectivity index (χ0v) is 18.9. The zero-order chi connectivity index (χ0) is 21.9. The smallest absolute Gasteiger partial charge is 0.336 e. The zero-order valence-electron chi connectivity index (χ0n) is 17.2. The molecule has 0 aliphatic rings. The highest BCUT2D eigenvalue weighted by molar-refractivity contribution is 7.98. The van der Waals surface area contributed by atoms with E-state index >= 15 is 0 Å². The fraction of sp³-hybridized carbons (Fsp3) is 0.125. The molecule has 0 radical (unpaired) electrons. The van der Waals surface area contributed by atoms with Gasteiger partial charge in [0.05, 0.1) is 18.5 Å². The molecule has 0 atom stereocenters. The minimum Gasteiger partial charge on any atom is -0.497 e. The van der Waals surface area contributed by atoms with Gasteiger partial charge in [-0.05, 0) is 34.7 Å². The lowest BCUT2D eigenvalue weighted by Gasteiger charge is -2.10. The number of hydrogen-bond acceptors (Lipinski definition) is 7. The van der Waals surface area contributed by atoms with E-state index in [-0.39, 0.29) is 5.63 Å². The van der Waals surface area contributed by atoms with Crippen molar-refractivity contribution >= 4 is 34.1 Å². The lowest BCUT2D eigenvalue weighted by Crippen LogP contribution is -2.04. The molecule has 3 aromatic heterocycles. The quantitative estimate of drug-likeness (QED) is 0.237. The van der Waals surface area contributed by atoms with Crippen molar-refractivity contribution in [2.45, 2.75) is 17.5 Å². The molecule has 0 unspecified atom stereocenters. The molecule has 0 bridgehead atoms. The van der Waals surface area contributed by atoms with Gasteiger partial charge in [0.2, 0.25) is 0 Å². The highest BCUT2D eigenvalue weighted by Crippen LogP contribution is 2.31. The van der Waals surface area contributed by atoms with E-state index in [9.17, 15) is 4.79 Å². The van der Waals surface area contributed by atoms with Crippen LogP contribution < -0.4 is 10.4 Å². The van der Waals surface area contributed by atoms with Crippen molar-refractivity contribution in [1.29, 1.82) is 0 Å². The van der Waals surface area contributed by atoms with Crippen LogP contribution in [-0.2, 0) is 12.3 Å². The van der Waals surface area contributed by atoms with Crippen molar-refractivity contribution in [2.24, 2.45) is 0 Å². The minimum atomic E-state index is -0.383. The highest BCUT2D eigenvalue weighted by Gasteiger charge is 2.17. The summed E-state index contributed by atoms with van der Waals surface area (Å²) in [6, 6.07) is 21.4. The molecule has 0 aliphatic heterocycles. The standard InChI is InChI=1S/C24H19N3O3S2/c1-29-18-9-10-19-17(12-22(28)30-20(19)13-18)15-32-24-26-25-23(21-8-5-11-31-21)27(24)14-16-6-3-2-4-7-16/h2-13H,14-15H2,1H3. The van der Waals surface area contributed by atoms with Gasteiger partial charge in [0.15, 0.2) is 11.0 Å². The van der Waals surface area contributed by atoms with E-state index < -0.39 is 0 Å². The molecule has 8 heteroatoms. The van der Waals surface area contributed by atoms with E-state index in [0.29, 0.717) is 23.6 Å². The van der Waals surface area contributed by atoms with Gasteiger partial charge in [0.25, 0.3) is 0 Å². The number of thioether (sulfide) groups is 1. The largest absolute Gasteiger partial charge is 0.497 e. The summed E-state index contributed by atoms with van der Waals surface area (Å²) in [5.41, 5.74) is 2.18. The first-order valence-electron chi connectivity index (χ1n) is 9.96. The third kappa shape index (κ3) is 4.19. The average molecular weight is 462 g/mol. The summed E-state index contributed by atoms with van der Waals surface area (Å²) < 4.78 is 12.8. The Bertz CT molecular complexity index is 1410. The Kier molecular flexibility index (Phi) is 5.79. The van der Waals surface area contributed by atoms with Gasteiger partial charge >= 0.3 is 5.63 Å². The summed E-state index contributed by atoms with van der Waals surface area (Å²) in [6.45, 7) is 0.665. The number of rotatable bonds is 7. The molecular formula is C24H19N3O3S2. The first-order chi connectivity index (χ1) is 15.7. The van der Waals surface area contributed by atoms with E-state index in [2.05, 4.69) is 26.9 Å². The number of aromatic nitrogens is 3. The number of hydrogen-bond donors (Lipinski definition) is 0. The van der Waals surface area contributed by atoms with E-state index in [1.54, 1.807) is 42.3 Å². The van der Waals surface area contributed by atoms with Crippen LogP contribution in [0.25, 0.3) is 21.7 Å². The van der Waals surface area contributed by atoms with Crippen molar-refractivity contribution in [1.82, 2.24) is 14.8 Å². The maximum atomic E-state index is 12.1. The third-order valence-corrected chi connectivity index (χ3v) is 6.92. The van der Waals surface area contributed by atoms with E-state index in [1.165, 1.54) is 5.56 Å². The molecule has 3 heterocycles. The second kappa shape index (κ2) is 9.02. The molecule has 6 nitrogen and oxygen atoms in total. The SMILES string of the molecule is COc1ccc2c(CSc3nnc(-c4cccs4)n3Cc3ccccc3)cc(=O)oc2c1. The van der Waals surface area contributed by atoms with Crippen molar-refractivity contribution in [3.63, 3.8) is 0 Å². The number of benzene rings is 2. The maximum absolute atomic E-state index is 12.1. The molecule has 2 aromatic carbocycles. The first kappa shape index (κ1) is 20.5. The van der Waals surface area contributed by atoms with Crippen LogP contribution in [0.4, 0.5) is 0 Å². The van der Waals surface area contributed by atoms with Crippen LogP contribution in [0.1, 0.15) is 11.1 Å². The Morgan fingerprint density at radius 1 is 1.06 bits per heavy atom. The summed E-state index contributed by atoms with van der Waals surface area (Å²) in [6.07, 6.45) is 0. The summed E-state index contributed by atoms with van der Waals surface area (Å²) >= 11 is 3.19. The molecule has 0 spiro atoms. The second-order valence-electron chi connectivity index (χ2n) is 7.10. The molecule has 0 saturated carbocycles. The van der Waals surface area contributed by atoms with Gasteiger partial charge in [0.1, 0.15) is 11.3 Å². The normalized spacial score (nSPS) is 11.2. The Balaban J connectivity index is 1.49. The molecule has 160 valence electrons. The topological polar surface area (TPSA) is 70.2 Å². The van der Waals surface area contributed by atoms with Crippen molar-refractivity contribution in [2.75, 3.05) is 7.11 Å². The van der Waals surface area contributed by atoms with Crippen LogP contribution in [0.15, 0.2) is 86.5 Å². The molecule has 0 saturated heterocycles. The van der Waals surface area contributed by atoms with Crippen LogP contribution in [0.3, 0.4) is 0 Å². The molecule has 0 N–H and O–H groups in total. The number of ether oxygens (including phenoxy) is 1. The average Bonchev–Trinajstić information content (AvgIpc) is 3.47. The maximum Gasteiger partial charge on any atom is 0.336 e. The summed E-state index contributed by atoms with van der Waals surface area (Å²) in [5.74, 6) is 2.05. The second-order valence-corrected chi connectivity index (χ2v) is 8.99. The van der Waals surface area contributed by atoms with E-state index in [4.69, 9.17) is 9.15 Å². The van der Waals surface area contributed by atoms with Gasteiger partial charge in [0, 0.05) is 23.3 Å². The molecule has 5 rings (SSSR count). The van der Waals surface area contributed by atoms with Gasteiger partial charge in [-0.2, -0.15) is 0 Å². The van der Waals surface area contributed by atoms with Crippen LogP contribution in [-0.4, -0.2) is 21.9 Å². The Labute approximate surface area is 192 Å². The molecule has 0 amide bonds. The predicted molar refractivity (Wildman–Crippen MR) is 127 cm³/mol. The van der Waals surface area contributed by atoms with Gasteiger partial charge in [-0.3, -0.25) is 4.57 Å². The van der Waals surface area contributed by atoms with Gasteiger partial charge < -0.3 is 9.15 Å². The third-order valence-electron chi connectivity index (χ3n) is 5.04. The Morgan fingerprint density at radius 3 is 2.72 bits per heavy atom. The summed E-state index contributed by atoms with van der Waals surface area (Å²) in [7, 11) is 1.59. The number of methoxy groups -OCH3 is 1. The van der Waals surface area contributed by atoms with Crippen LogP contribution in [0, 0.1) is 0 Å². The lowest BCUT2D eigenvalue weighted by atomic mass is 10.1. The van der Waals surface area contributed by atoms with Crippen LogP contribution >= 0.6 is 23.1 Å². The van der Waals surface area contributed by atoms with Crippen molar-refractivity contribution < 1.29 is 9.15 Å². The van der Waals surface area contributed by atoms with Crippen molar-refractivity contribution in [3.8, 4) is 16.5 Å². The summed E-state index contributed by atoms with van der Waals surface area (Å²) in [4.78, 5) is 13.2. The minimum absolute atomic E-state index is 0.383. The molecule has 0 fully saturated rings. The fourth-order valence-electron chi connectivity index (χ4n) is 3.49. The van der Waals surface area contributed by atoms with Gasteiger partial charge in [-0.15, -0.1) is 21.5 Å². The Hall–Kier alpha value is -3.36. The number of nitrogens with zero attached hydrogens (tertiary/aromatic N) is 3. The van der Waals surface area contributed by atoms with Crippen molar-refractivity contribution in [3.05, 3.63) is 93.7 Å². The monoisotopic (exact) mass is 461 g/mol. The number of thiophene rings is 1. The first-order valence-corrected chi connectivity index (χ1v) is 11.8. The van der Waals surface area contributed by atoms with E-state index in [1.807, 2.05) is 47.8 Å². The summed E-state index contributed by atoms with van der Waals surface area (Å²) in [5, 5.41) is 12.7.